The van der Waals surface area contributed by atoms with Gasteiger partial charge in [-0.05, 0) is 56.2 Å². The van der Waals surface area contributed by atoms with Crippen molar-refractivity contribution in [2.24, 2.45) is 0 Å². The van der Waals surface area contributed by atoms with Crippen LogP contribution in [0.5, 0.6) is 0 Å². The number of piperazine rings is 1. The van der Waals surface area contributed by atoms with E-state index in [-0.39, 0.29) is 48.2 Å². The number of halogens is 2. The van der Waals surface area contributed by atoms with Gasteiger partial charge in [-0.2, -0.15) is 0 Å². The smallest absolute Gasteiger partial charge is 0.225 e. The lowest BCUT2D eigenvalue weighted by molar-refractivity contribution is -0.118. The molecule has 3 heterocycles. The highest BCUT2D eigenvalue weighted by molar-refractivity contribution is 7.93. The molecule has 2 aliphatic heterocycles. The molecule has 11 heteroatoms. The molecule has 1 aromatic carbocycles. The van der Waals surface area contributed by atoms with Crippen LogP contribution in [-0.4, -0.2) is 62.3 Å². The summed E-state index contributed by atoms with van der Waals surface area (Å²) >= 11 is 6.09. The molecule has 2 saturated heterocycles. The minimum Gasteiger partial charge on any atom is -0.381 e. The van der Waals surface area contributed by atoms with E-state index in [2.05, 4.69) is 20.9 Å². The van der Waals surface area contributed by atoms with Crippen LogP contribution in [0.4, 0.5) is 10.1 Å². The number of nitrogens with zero attached hydrogens (tertiary/aromatic N) is 1. The van der Waals surface area contributed by atoms with Gasteiger partial charge in [0.1, 0.15) is 10.7 Å². The Bertz CT molecular complexity index is 1260. The van der Waals surface area contributed by atoms with Crippen LogP contribution in [0.3, 0.4) is 0 Å². The Morgan fingerprint density at radius 2 is 1.89 bits per heavy atom. The molecule has 0 bridgehead atoms. The molecular weight excluding hydrogens is 531 g/mol. The zero-order valence-electron chi connectivity index (χ0n) is 21.3. The minimum absolute atomic E-state index is 0.140. The molecular formula is C27H34ClFN4O4S. The molecule has 206 valence electrons. The van der Waals surface area contributed by atoms with Crippen LogP contribution in [0.15, 0.2) is 36.7 Å². The predicted octanol–water partition coefficient (Wildman–Crippen LogP) is 3.35. The Kier molecular flexibility index (Phi) is 8.07. The lowest BCUT2D eigenvalue weighted by Gasteiger charge is -2.38. The molecule has 0 spiro atoms. The van der Waals surface area contributed by atoms with Crippen molar-refractivity contribution in [2.75, 3.05) is 38.2 Å². The molecule has 8 nitrogen and oxygen atoms in total. The van der Waals surface area contributed by atoms with Gasteiger partial charge in [-0.15, -0.1) is 0 Å². The van der Waals surface area contributed by atoms with Gasteiger partial charge in [-0.3, -0.25) is 15.1 Å². The SMILES string of the molecule is O=C(CC1(c2ccc(Cl)cc2)CCOCC1)Nc1cncc(F)c1CC[C@]1(S(=O)(=O)C2CC2)CNCCN1. The lowest BCUT2D eigenvalue weighted by Crippen LogP contribution is -2.64. The first kappa shape index (κ1) is 27.5. The molecule has 1 saturated carbocycles. The maximum absolute atomic E-state index is 15.1. The van der Waals surface area contributed by atoms with E-state index in [0.717, 1.165) is 11.8 Å². The normalized spacial score (nSPS) is 23.6. The molecule has 3 fully saturated rings. The van der Waals surface area contributed by atoms with E-state index in [0.29, 0.717) is 57.0 Å². The maximum atomic E-state index is 15.1. The van der Waals surface area contributed by atoms with E-state index in [1.807, 2.05) is 24.3 Å². The number of aromatic nitrogens is 1. The number of amides is 1. The summed E-state index contributed by atoms with van der Waals surface area (Å²) in [6, 6.07) is 7.53. The Labute approximate surface area is 228 Å². The summed E-state index contributed by atoms with van der Waals surface area (Å²) in [5.74, 6) is -0.822. The van der Waals surface area contributed by atoms with Gasteiger partial charge in [-0.1, -0.05) is 23.7 Å². The number of hydrogen-bond acceptors (Lipinski definition) is 7. The first-order chi connectivity index (χ1) is 18.2. The van der Waals surface area contributed by atoms with Crippen LogP contribution in [-0.2, 0) is 31.2 Å². The summed E-state index contributed by atoms with van der Waals surface area (Å²) in [7, 11) is -3.45. The van der Waals surface area contributed by atoms with Gasteiger partial charge in [0, 0.05) is 55.3 Å². The van der Waals surface area contributed by atoms with Crippen LogP contribution in [0, 0.1) is 5.82 Å². The van der Waals surface area contributed by atoms with Crippen molar-refractivity contribution in [3.8, 4) is 0 Å². The monoisotopic (exact) mass is 564 g/mol. The highest BCUT2D eigenvalue weighted by Gasteiger charge is 2.52. The van der Waals surface area contributed by atoms with E-state index < -0.39 is 25.9 Å². The largest absolute Gasteiger partial charge is 0.381 e. The molecule has 0 unspecified atom stereocenters. The minimum atomic E-state index is -3.45. The van der Waals surface area contributed by atoms with Gasteiger partial charge in [0.2, 0.25) is 5.91 Å². The second-order valence-electron chi connectivity index (χ2n) is 10.6. The number of benzene rings is 1. The number of carbonyl (C=O) groups excluding carboxylic acids is 1. The van der Waals surface area contributed by atoms with E-state index in [4.69, 9.17) is 16.3 Å². The fraction of sp³-hybridized carbons (Fsp3) is 0.556. The summed E-state index contributed by atoms with van der Waals surface area (Å²) < 4.78 is 47.3. The van der Waals surface area contributed by atoms with Crippen LogP contribution < -0.4 is 16.0 Å². The Hall–Kier alpha value is -2.11. The average Bonchev–Trinajstić information content (AvgIpc) is 3.76. The van der Waals surface area contributed by atoms with Crippen molar-refractivity contribution in [1.29, 1.82) is 0 Å². The molecule has 1 amide bonds. The van der Waals surface area contributed by atoms with Gasteiger partial charge in [0.15, 0.2) is 9.84 Å². The molecule has 3 N–H and O–H groups in total. The van der Waals surface area contributed by atoms with E-state index in [1.54, 1.807) is 0 Å². The van der Waals surface area contributed by atoms with Crippen molar-refractivity contribution < 1.29 is 22.3 Å². The third kappa shape index (κ3) is 5.60. The third-order valence-electron chi connectivity index (χ3n) is 8.13. The average molecular weight is 565 g/mol. The Morgan fingerprint density at radius 1 is 1.16 bits per heavy atom. The van der Waals surface area contributed by atoms with E-state index in [1.165, 1.54) is 6.20 Å². The number of pyridine rings is 1. The topological polar surface area (TPSA) is 109 Å². The first-order valence-corrected chi connectivity index (χ1v) is 15.1. The summed E-state index contributed by atoms with van der Waals surface area (Å²) in [6.45, 7) is 2.55. The number of carbonyl (C=O) groups is 1. The van der Waals surface area contributed by atoms with Crippen molar-refractivity contribution in [3.63, 3.8) is 0 Å². The first-order valence-electron chi connectivity index (χ1n) is 13.2. The molecule has 0 radical (unpaired) electrons. The quantitative estimate of drug-likeness (QED) is 0.428. The highest BCUT2D eigenvalue weighted by Crippen LogP contribution is 2.40. The Morgan fingerprint density at radius 3 is 2.55 bits per heavy atom. The molecule has 1 aromatic heterocycles. The van der Waals surface area contributed by atoms with Gasteiger partial charge in [0.25, 0.3) is 0 Å². The van der Waals surface area contributed by atoms with Crippen LogP contribution >= 0.6 is 11.6 Å². The number of nitrogens with one attached hydrogen (secondary N) is 3. The fourth-order valence-corrected chi connectivity index (χ4v) is 8.25. The zero-order valence-corrected chi connectivity index (χ0v) is 22.8. The van der Waals surface area contributed by atoms with Crippen LogP contribution in [0.25, 0.3) is 0 Å². The number of ether oxygens (including phenoxy) is 1. The second kappa shape index (κ2) is 11.2. The molecule has 1 atom stereocenters. The third-order valence-corrected chi connectivity index (χ3v) is 11.3. The van der Waals surface area contributed by atoms with Crippen molar-refractivity contribution in [1.82, 2.24) is 15.6 Å². The van der Waals surface area contributed by atoms with Crippen molar-refractivity contribution in [3.05, 3.63) is 58.6 Å². The van der Waals surface area contributed by atoms with E-state index in [9.17, 15) is 13.2 Å². The number of sulfone groups is 1. The molecule has 3 aliphatic rings. The summed E-state index contributed by atoms with van der Waals surface area (Å²) in [5, 5.41) is 9.59. The molecule has 2 aromatic rings. The number of hydrogen-bond donors (Lipinski definition) is 3. The van der Waals surface area contributed by atoms with Gasteiger partial charge in [-0.25, -0.2) is 12.8 Å². The predicted molar refractivity (Wildman–Crippen MR) is 144 cm³/mol. The molecule has 1 aliphatic carbocycles. The number of anilines is 1. The van der Waals surface area contributed by atoms with Crippen molar-refractivity contribution >= 4 is 33.0 Å². The van der Waals surface area contributed by atoms with Crippen LogP contribution in [0.2, 0.25) is 5.02 Å². The molecule has 5 rings (SSSR count). The zero-order chi connectivity index (χ0) is 26.8. The standard InChI is InChI=1S/C27H34ClFN4O4S/c28-20-3-1-19(2-4-20)26(9-13-37-14-10-26)15-25(34)33-24-17-31-16-23(29)22(24)7-8-27(18-30-11-12-32-27)38(35,36)21-5-6-21/h1-4,16-17,21,30,32H,5-15,18H2,(H,33,34)/t27-/m0/s1. The van der Waals surface area contributed by atoms with E-state index >= 15 is 4.39 Å². The fourth-order valence-electron chi connectivity index (χ4n) is 5.73. The summed E-state index contributed by atoms with van der Waals surface area (Å²) in [4.78, 5) is 16.2. The van der Waals surface area contributed by atoms with Gasteiger partial charge in [0.05, 0.1) is 23.3 Å². The van der Waals surface area contributed by atoms with Gasteiger partial charge >= 0.3 is 0 Å². The van der Waals surface area contributed by atoms with Crippen molar-refractivity contribution in [2.45, 2.75) is 60.5 Å². The Balaban J connectivity index is 1.35. The second-order valence-corrected chi connectivity index (χ2v) is 13.6. The lowest BCUT2D eigenvalue weighted by atomic mass is 9.71. The van der Waals surface area contributed by atoms with Crippen LogP contribution in [0.1, 0.15) is 49.7 Å². The maximum Gasteiger partial charge on any atom is 0.225 e. The van der Waals surface area contributed by atoms with Gasteiger partial charge < -0.3 is 15.4 Å². The molecule has 38 heavy (non-hydrogen) atoms. The highest BCUT2D eigenvalue weighted by atomic mass is 35.5. The summed E-state index contributed by atoms with van der Waals surface area (Å²) in [5.41, 5.74) is 1.13. The number of rotatable bonds is 9. The summed E-state index contributed by atoms with van der Waals surface area (Å²) in [6.07, 6.45) is 5.74.